The Bertz CT molecular complexity index is 429. The highest BCUT2D eigenvalue weighted by molar-refractivity contribution is 9.10. The molecule has 0 aromatic heterocycles. The van der Waals surface area contributed by atoms with E-state index in [1.54, 1.807) is 0 Å². The van der Waals surface area contributed by atoms with Gasteiger partial charge in [-0.25, -0.2) is 0 Å². The summed E-state index contributed by atoms with van der Waals surface area (Å²) < 4.78 is 1.04. The Morgan fingerprint density at radius 1 is 1.53 bits per heavy atom. The Hall–Kier alpha value is -0.870. The van der Waals surface area contributed by atoms with Crippen LogP contribution in [0.25, 0.3) is 0 Å². The van der Waals surface area contributed by atoms with Gasteiger partial charge in [0.25, 0.3) is 5.91 Å². The summed E-state index contributed by atoms with van der Waals surface area (Å²) in [6, 6.07) is 6.13. The second-order valence-electron chi connectivity index (χ2n) is 4.37. The van der Waals surface area contributed by atoms with Gasteiger partial charge in [0.2, 0.25) is 0 Å². The zero-order valence-electron chi connectivity index (χ0n) is 10.2. The van der Waals surface area contributed by atoms with Crippen LogP contribution >= 0.6 is 15.9 Å². The van der Waals surface area contributed by atoms with Gasteiger partial charge < -0.3 is 10.2 Å². The molecular weight excluding hydrogens is 280 g/mol. The summed E-state index contributed by atoms with van der Waals surface area (Å²) in [7, 11) is 0. The quantitative estimate of drug-likeness (QED) is 0.927. The van der Waals surface area contributed by atoms with Crippen molar-refractivity contribution in [1.29, 1.82) is 0 Å². The van der Waals surface area contributed by atoms with Crippen LogP contribution in [0.1, 0.15) is 22.8 Å². The number of benzene rings is 1. The Balaban J connectivity index is 2.19. The number of hydrogen-bond acceptors (Lipinski definition) is 2. The fourth-order valence-electron chi connectivity index (χ4n) is 2.00. The Morgan fingerprint density at radius 2 is 2.24 bits per heavy atom. The molecule has 17 heavy (non-hydrogen) atoms. The first-order valence-corrected chi connectivity index (χ1v) is 6.70. The fourth-order valence-corrected chi connectivity index (χ4v) is 2.25. The van der Waals surface area contributed by atoms with Gasteiger partial charge in [0, 0.05) is 29.7 Å². The van der Waals surface area contributed by atoms with E-state index in [0.29, 0.717) is 6.04 Å². The topological polar surface area (TPSA) is 32.3 Å². The molecule has 1 saturated heterocycles. The van der Waals surface area contributed by atoms with Gasteiger partial charge in [-0.15, -0.1) is 0 Å². The van der Waals surface area contributed by atoms with Crippen molar-refractivity contribution >= 4 is 21.8 Å². The maximum Gasteiger partial charge on any atom is 0.254 e. The van der Waals surface area contributed by atoms with E-state index >= 15 is 0 Å². The van der Waals surface area contributed by atoms with Crippen molar-refractivity contribution in [2.75, 3.05) is 19.6 Å². The van der Waals surface area contributed by atoms with Gasteiger partial charge in [0.15, 0.2) is 0 Å². The summed E-state index contributed by atoms with van der Waals surface area (Å²) in [6.07, 6.45) is 0. The average Bonchev–Trinajstić information content (AvgIpc) is 2.26. The SMILES string of the molecule is CCN(C(=O)c1ccc(Br)c(C)c1)C1CNC1. The van der Waals surface area contributed by atoms with Gasteiger partial charge in [-0.3, -0.25) is 4.79 Å². The van der Waals surface area contributed by atoms with Crippen molar-refractivity contribution in [3.8, 4) is 0 Å². The van der Waals surface area contributed by atoms with Gasteiger partial charge in [-0.2, -0.15) is 0 Å². The van der Waals surface area contributed by atoms with E-state index in [4.69, 9.17) is 0 Å². The van der Waals surface area contributed by atoms with E-state index in [-0.39, 0.29) is 5.91 Å². The lowest BCUT2D eigenvalue weighted by Gasteiger charge is -2.37. The zero-order chi connectivity index (χ0) is 12.4. The largest absolute Gasteiger partial charge is 0.333 e. The molecule has 0 unspecified atom stereocenters. The molecule has 3 nitrogen and oxygen atoms in total. The molecule has 1 aromatic carbocycles. The van der Waals surface area contributed by atoms with Crippen LogP contribution < -0.4 is 5.32 Å². The normalized spacial score (nSPS) is 15.5. The third-order valence-corrected chi connectivity index (χ3v) is 4.10. The van der Waals surface area contributed by atoms with Crippen LogP contribution in [0.5, 0.6) is 0 Å². The van der Waals surface area contributed by atoms with Gasteiger partial charge in [0.1, 0.15) is 0 Å². The maximum atomic E-state index is 12.4. The third-order valence-electron chi connectivity index (χ3n) is 3.21. The monoisotopic (exact) mass is 296 g/mol. The number of halogens is 1. The van der Waals surface area contributed by atoms with Gasteiger partial charge in [0.05, 0.1) is 6.04 Å². The van der Waals surface area contributed by atoms with Crippen molar-refractivity contribution < 1.29 is 4.79 Å². The molecule has 0 atom stereocenters. The summed E-state index contributed by atoms with van der Waals surface area (Å²) in [6.45, 7) is 6.62. The average molecular weight is 297 g/mol. The first kappa shape index (κ1) is 12.6. The molecule has 1 amide bonds. The fraction of sp³-hybridized carbons (Fsp3) is 0.462. The minimum Gasteiger partial charge on any atom is -0.333 e. The lowest BCUT2D eigenvalue weighted by atomic mass is 10.1. The van der Waals surface area contributed by atoms with Gasteiger partial charge in [-0.1, -0.05) is 15.9 Å². The number of rotatable bonds is 3. The molecule has 0 bridgehead atoms. The summed E-state index contributed by atoms with van der Waals surface area (Å²) in [5.41, 5.74) is 1.87. The molecular formula is C13H17BrN2O. The predicted octanol–water partition coefficient (Wildman–Crippen LogP) is 2.19. The van der Waals surface area contributed by atoms with Crippen molar-refractivity contribution in [2.24, 2.45) is 0 Å². The smallest absolute Gasteiger partial charge is 0.254 e. The summed E-state index contributed by atoms with van der Waals surface area (Å²) in [5, 5.41) is 3.20. The number of aryl methyl sites for hydroxylation is 1. The summed E-state index contributed by atoms with van der Waals surface area (Å²) in [5.74, 6) is 0.134. The van der Waals surface area contributed by atoms with Crippen LogP contribution in [-0.2, 0) is 0 Å². The Kier molecular flexibility index (Phi) is 3.84. The number of carbonyl (C=O) groups is 1. The molecule has 0 radical (unpaired) electrons. The van der Waals surface area contributed by atoms with Crippen LogP contribution in [0.3, 0.4) is 0 Å². The molecule has 2 rings (SSSR count). The minimum absolute atomic E-state index is 0.134. The highest BCUT2D eigenvalue weighted by Crippen LogP contribution is 2.19. The molecule has 1 heterocycles. The van der Waals surface area contributed by atoms with Crippen LogP contribution in [0.2, 0.25) is 0 Å². The molecule has 1 aliphatic heterocycles. The van der Waals surface area contributed by atoms with Crippen LogP contribution in [0.15, 0.2) is 22.7 Å². The standard InChI is InChI=1S/C13H17BrN2O/c1-3-16(11-7-15-8-11)13(17)10-4-5-12(14)9(2)6-10/h4-6,11,15H,3,7-8H2,1-2H3. The van der Waals surface area contributed by atoms with E-state index in [2.05, 4.69) is 21.2 Å². The Morgan fingerprint density at radius 3 is 2.71 bits per heavy atom. The molecule has 0 saturated carbocycles. The number of likely N-dealkylation sites (N-methyl/N-ethyl adjacent to an activating group) is 1. The zero-order valence-corrected chi connectivity index (χ0v) is 11.8. The van der Waals surface area contributed by atoms with Crippen LogP contribution in [0.4, 0.5) is 0 Å². The lowest BCUT2D eigenvalue weighted by molar-refractivity contribution is 0.0630. The second-order valence-corrected chi connectivity index (χ2v) is 5.22. The molecule has 1 aromatic rings. The number of nitrogens with one attached hydrogen (secondary N) is 1. The molecule has 0 spiro atoms. The van der Waals surface area contributed by atoms with Crippen molar-refractivity contribution in [3.63, 3.8) is 0 Å². The molecule has 1 fully saturated rings. The second kappa shape index (κ2) is 5.19. The summed E-state index contributed by atoms with van der Waals surface area (Å²) in [4.78, 5) is 14.3. The van der Waals surface area contributed by atoms with E-state index in [1.165, 1.54) is 0 Å². The predicted molar refractivity (Wildman–Crippen MR) is 72.2 cm³/mol. The highest BCUT2D eigenvalue weighted by atomic mass is 79.9. The third kappa shape index (κ3) is 2.53. The Labute approximate surface area is 110 Å². The summed E-state index contributed by atoms with van der Waals surface area (Å²) >= 11 is 3.45. The molecule has 1 N–H and O–H groups in total. The van der Waals surface area contributed by atoms with Crippen LogP contribution in [-0.4, -0.2) is 36.5 Å². The molecule has 0 aliphatic carbocycles. The van der Waals surface area contributed by atoms with Gasteiger partial charge in [-0.05, 0) is 37.6 Å². The lowest BCUT2D eigenvalue weighted by Crippen LogP contribution is -2.58. The number of carbonyl (C=O) groups excluding carboxylic acids is 1. The molecule has 92 valence electrons. The van der Waals surface area contributed by atoms with E-state index in [0.717, 1.165) is 35.2 Å². The molecule has 1 aliphatic rings. The number of amides is 1. The van der Waals surface area contributed by atoms with E-state index in [9.17, 15) is 4.79 Å². The van der Waals surface area contributed by atoms with Crippen molar-refractivity contribution in [3.05, 3.63) is 33.8 Å². The maximum absolute atomic E-state index is 12.4. The van der Waals surface area contributed by atoms with E-state index < -0.39 is 0 Å². The highest BCUT2D eigenvalue weighted by Gasteiger charge is 2.27. The number of nitrogens with zero attached hydrogens (tertiary/aromatic N) is 1. The first-order chi connectivity index (χ1) is 8.13. The van der Waals surface area contributed by atoms with Crippen LogP contribution in [0, 0.1) is 6.92 Å². The minimum atomic E-state index is 0.134. The number of hydrogen-bond donors (Lipinski definition) is 1. The van der Waals surface area contributed by atoms with Gasteiger partial charge >= 0.3 is 0 Å². The first-order valence-electron chi connectivity index (χ1n) is 5.91. The van der Waals surface area contributed by atoms with Crippen molar-refractivity contribution in [2.45, 2.75) is 19.9 Å². The van der Waals surface area contributed by atoms with Crippen molar-refractivity contribution in [1.82, 2.24) is 10.2 Å². The molecule has 4 heteroatoms. The van der Waals surface area contributed by atoms with E-state index in [1.807, 2.05) is 36.9 Å².